The first kappa shape index (κ1) is 26.7. The maximum Gasteiger partial charge on any atom is 0.338 e. The van der Waals surface area contributed by atoms with Crippen LogP contribution in [0.25, 0.3) is 11.6 Å². The average Bonchev–Trinajstić information content (AvgIpc) is 2.90. The summed E-state index contributed by atoms with van der Waals surface area (Å²) in [6.07, 6.45) is 0.893. The molecule has 0 fully saturated rings. The number of rotatable bonds is 12. The second kappa shape index (κ2) is 13.3. The topological polar surface area (TPSA) is 86.3 Å². The lowest BCUT2D eigenvalue weighted by atomic mass is 10.0. The van der Waals surface area contributed by atoms with E-state index in [0.717, 1.165) is 5.56 Å². The Balaban J connectivity index is 1.54. The highest BCUT2D eigenvalue weighted by atomic mass is 19.1. The lowest BCUT2D eigenvalue weighted by molar-refractivity contribution is -0.133. The standard InChI is InChI=1S/C28H30FNO6/c1-33-25-12-9-21(27(15-25)34-2)16-30-17-23(31)18-36-24-10-7-19(8-11-24)13-26(28(32)35-3)20-5-4-6-22(29)14-20/h4-15,23,30-31H,16-18H2,1-3H3/b26-13+. The molecule has 0 spiro atoms. The molecule has 0 bridgehead atoms. The van der Waals surface area contributed by atoms with E-state index in [1.165, 1.54) is 25.3 Å². The molecule has 0 radical (unpaired) electrons. The van der Waals surface area contributed by atoms with Gasteiger partial charge in [0.25, 0.3) is 0 Å². The fourth-order valence-electron chi connectivity index (χ4n) is 3.48. The minimum absolute atomic E-state index is 0.0959. The monoisotopic (exact) mass is 495 g/mol. The maximum absolute atomic E-state index is 13.6. The van der Waals surface area contributed by atoms with Gasteiger partial charge in [-0.1, -0.05) is 30.3 Å². The van der Waals surface area contributed by atoms with Gasteiger partial charge in [0, 0.05) is 24.7 Å². The molecule has 0 amide bonds. The van der Waals surface area contributed by atoms with Crippen molar-refractivity contribution in [2.75, 3.05) is 34.5 Å². The number of ether oxygens (including phenoxy) is 4. The number of aliphatic hydroxyl groups is 1. The average molecular weight is 496 g/mol. The first-order valence-corrected chi connectivity index (χ1v) is 11.3. The fourth-order valence-corrected chi connectivity index (χ4v) is 3.48. The Labute approximate surface area is 210 Å². The van der Waals surface area contributed by atoms with Crippen LogP contribution >= 0.6 is 0 Å². The van der Waals surface area contributed by atoms with Crippen molar-refractivity contribution in [1.29, 1.82) is 0 Å². The molecule has 3 aromatic carbocycles. The number of methoxy groups -OCH3 is 3. The van der Waals surface area contributed by atoms with E-state index in [1.807, 2.05) is 18.2 Å². The maximum atomic E-state index is 13.6. The fraction of sp³-hybridized carbons (Fsp3) is 0.250. The summed E-state index contributed by atoms with van der Waals surface area (Å²) in [5, 5.41) is 13.5. The van der Waals surface area contributed by atoms with Crippen LogP contribution in [0.5, 0.6) is 17.2 Å². The molecule has 0 heterocycles. The van der Waals surface area contributed by atoms with Gasteiger partial charge in [0.1, 0.15) is 35.8 Å². The molecule has 0 saturated heterocycles. The van der Waals surface area contributed by atoms with Crippen molar-refractivity contribution in [2.24, 2.45) is 0 Å². The summed E-state index contributed by atoms with van der Waals surface area (Å²) < 4.78 is 34.7. The largest absolute Gasteiger partial charge is 0.497 e. The molecular weight excluding hydrogens is 465 g/mol. The van der Waals surface area contributed by atoms with E-state index < -0.39 is 17.9 Å². The molecule has 0 aromatic heterocycles. The van der Waals surface area contributed by atoms with Gasteiger partial charge < -0.3 is 29.4 Å². The van der Waals surface area contributed by atoms with Gasteiger partial charge in [0.05, 0.1) is 26.9 Å². The van der Waals surface area contributed by atoms with Gasteiger partial charge in [-0.15, -0.1) is 0 Å². The summed E-state index contributed by atoms with van der Waals surface area (Å²) in [5.74, 6) is 0.968. The molecule has 0 saturated carbocycles. The molecule has 0 aliphatic carbocycles. The predicted molar refractivity (Wildman–Crippen MR) is 135 cm³/mol. The Kier molecular flexibility index (Phi) is 9.85. The lowest BCUT2D eigenvalue weighted by Gasteiger charge is -2.15. The molecule has 1 atom stereocenters. The first-order chi connectivity index (χ1) is 17.4. The molecule has 3 aromatic rings. The zero-order valence-corrected chi connectivity index (χ0v) is 20.5. The highest BCUT2D eigenvalue weighted by molar-refractivity contribution is 6.21. The van der Waals surface area contributed by atoms with E-state index in [1.54, 1.807) is 50.6 Å². The third-order valence-corrected chi connectivity index (χ3v) is 5.36. The summed E-state index contributed by atoms with van der Waals surface area (Å²) in [6.45, 7) is 0.934. The van der Waals surface area contributed by atoms with E-state index in [2.05, 4.69) is 5.32 Å². The Morgan fingerprint density at radius 2 is 1.75 bits per heavy atom. The molecule has 0 aliphatic rings. The van der Waals surface area contributed by atoms with Crippen LogP contribution in [0.2, 0.25) is 0 Å². The number of halogens is 1. The van der Waals surface area contributed by atoms with E-state index >= 15 is 0 Å². The van der Waals surface area contributed by atoms with Crippen molar-refractivity contribution < 1.29 is 33.2 Å². The molecule has 190 valence electrons. The number of aliphatic hydroxyl groups excluding tert-OH is 1. The van der Waals surface area contributed by atoms with E-state index in [-0.39, 0.29) is 12.2 Å². The smallest absolute Gasteiger partial charge is 0.338 e. The minimum atomic E-state index is -0.729. The van der Waals surface area contributed by atoms with Crippen molar-refractivity contribution in [3.05, 3.63) is 89.2 Å². The first-order valence-electron chi connectivity index (χ1n) is 11.3. The molecule has 36 heavy (non-hydrogen) atoms. The molecule has 0 aliphatic heterocycles. The number of esters is 1. The van der Waals surface area contributed by atoms with Crippen LogP contribution < -0.4 is 19.5 Å². The number of carbonyl (C=O) groups is 1. The lowest BCUT2D eigenvalue weighted by Crippen LogP contribution is -2.31. The molecule has 1 unspecified atom stereocenters. The highest BCUT2D eigenvalue weighted by Crippen LogP contribution is 2.25. The molecular formula is C28H30FNO6. The van der Waals surface area contributed by atoms with Crippen LogP contribution in [-0.2, 0) is 16.1 Å². The second-order valence-corrected chi connectivity index (χ2v) is 7.90. The molecule has 7 nitrogen and oxygen atoms in total. The third kappa shape index (κ3) is 7.56. The number of hydrogen-bond donors (Lipinski definition) is 2. The van der Waals surface area contributed by atoms with Gasteiger partial charge in [0.15, 0.2) is 0 Å². The van der Waals surface area contributed by atoms with E-state index in [0.29, 0.717) is 41.5 Å². The van der Waals surface area contributed by atoms with Crippen molar-refractivity contribution in [3.63, 3.8) is 0 Å². The Morgan fingerprint density at radius 1 is 1.00 bits per heavy atom. The van der Waals surface area contributed by atoms with Crippen LogP contribution in [-0.4, -0.2) is 51.7 Å². The van der Waals surface area contributed by atoms with Crippen LogP contribution in [0.4, 0.5) is 4.39 Å². The summed E-state index contributed by atoms with van der Waals surface area (Å²) in [6, 6.07) is 18.3. The van der Waals surface area contributed by atoms with Gasteiger partial charge in [-0.2, -0.15) is 0 Å². The Bertz CT molecular complexity index is 1180. The normalized spacial score (nSPS) is 12.1. The van der Waals surface area contributed by atoms with Gasteiger partial charge in [-0.25, -0.2) is 9.18 Å². The summed E-state index contributed by atoms with van der Waals surface area (Å²) in [7, 11) is 4.47. The zero-order valence-electron chi connectivity index (χ0n) is 20.5. The van der Waals surface area contributed by atoms with Crippen molar-refractivity contribution in [1.82, 2.24) is 5.32 Å². The number of nitrogens with one attached hydrogen (secondary N) is 1. The minimum Gasteiger partial charge on any atom is -0.497 e. The number of hydrogen-bond acceptors (Lipinski definition) is 7. The Morgan fingerprint density at radius 3 is 2.42 bits per heavy atom. The van der Waals surface area contributed by atoms with Crippen LogP contribution in [0.15, 0.2) is 66.7 Å². The van der Waals surface area contributed by atoms with Crippen LogP contribution in [0.1, 0.15) is 16.7 Å². The zero-order chi connectivity index (χ0) is 25.9. The van der Waals surface area contributed by atoms with Crippen molar-refractivity contribution in [3.8, 4) is 17.2 Å². The SMILES string of the molecule is COC(=O)/C(=C/c1ccc(OCC(O)CNCc2ccc(OC)cc2OC)cc1)c1cccc(F)c1. The van der Waals surface area contributed by atoms with Crippen LogP contribution in [0, 0.1) is 5.82 Å². The third-order valence-electron chi connectivity index (χ3n) is 5.36. The van der Waals surface area contributed by atoms with Crippen LogP contribution in [0.3, 0.4) is 0 Å². The summed E-state index contributed by atoms with van der Waals surface area (Å²) in [5.41, 5.74) is 2.31. The van der Waals surface area contributed by atoms with Crippen molar-refractivity contribution in [2.45, 2.75) is 12.6 Å². The van der Waals surface area contributed by atoms with Gasteiger partial charge in [-0.05, 0) is 47.5 Å². The quantitative estimate of drug-likeness (QED) is 0.222. The van der Waals surface area contributed by atoms with Gasteiger partial charge in [-0.3, -0.25) is 0 Å². The molecule has 8 heteroatoms. The summed E-state index contributed by atoms with van der Waals surface area (Å²) >= 11 is 0. The van der Waals surface area contributed by atoms with Gasteiger partial charge in [0.2, 0.25) is 0 Å². The molecule has 3 rings (SSSR count). The Hall–Kier alpha value is -3.88. The van der Waals surface area contributed by atoms with E-state index in [4.69, 9.17) is 18.9 Å². The van der Waals surface area contributed by atoms with Gasteiger partial charge >= 0.3 is 5.97 Å². The predicted octanol–water partition coefficient (Wildman–Crippen LogP) is 4.09. The summed E-state index contributed by atoms with van der Waals surface area (Å²) in [4.78, 5) is 12.2. The number of benzene rings is 3. The number of carbonyl (C=O) groups excluding carboxylic acids is 1. The van der Waals surface area contributed by atoms with E-state index in [9.17, 15) is 14.3 Å². The van der Waals surface area contributed by atoms with Crippen molar-refractivity contribution >= 4 is 17.6 Å². The second-order valence-electron chi connectivity index (χ2n) is 7.90. The molecule has 2 N–H and O–H groups in total. The highest BCUT2D eigenvalue weighted by Gasteiger charge is 2.13.